The second kappa shape index (κ2) is 5.56. The van der Waals surface area contributed by atoms with Crippen molar-refractivity contribution >= 4 is 21.8 Å². The van der Waals surface area contributed by atoms with Gasteiger partial charge in [0, 0.05) is 13.7 Å². The standard InChI is InChI=1S/C9H16N2O5S/c1-7-9(13)10-8(12)6-11(7)17(14,15)5-3-4-16-2/h7H,3-6H2,1-2H3,(H,10,12,13). The number of piperazine rings is 1. The third-order valence-corrected chi connectivity index (χ3v) is 4.45. The van der Waals surface area contributed by atoms with E-state index in [0.29, 0.717) is 13.0 Å². The normalized spacial score (nSPS) is 22.6. The van der Waals surface area contributed by atoms with Gasteiger partial charge in [0.1, 0.15) is 6.04 Å². The number of nitrogens with one attached hydrogen (secondary N) is 1. The van der Waals surface area contributed by atoms with Crippen LogP contribution in [0.4, 0.5) is 0 Å². The van der Waals surface area contributed by atoms with Crippen LogP contribution in [0.2, 0.25) is 0 Å². The molecule has 0 aromatic rings. The molecule has 0 saturated carbocycles. The van der Waals surface area contributed by atoms with Crippen LogP contribution in [0.5, 0.6) is 0 Å². The van der Waals surface area contributed by atoms with Crippen LogP contribution < -0.4 is 5.32 Å². The second-order valence-corrected chi connectivity index (χ2v) is 5.84. The topological polar surface area (TPSA) is 92.8 Å². The van der Waals surface area contributed by atoms with Crippen LogP contribution in [-0.2, 0) is 24.3 Å². The molecule has 1 aliphatic rings. The third kappa shape index (κ3) is 3.48. The summed E-state index contributed by atoms with van der Waals surface area (Å²) in [5.41, 5.74) is 0. The van der Waals surface area contributed by atoms with E-state index in [1.807, 2.05) is 0 Å². The van der Waals surface area contributed by atoms with Gasteiger partial charge in [0.2, 0.25) is 21.8 Å². The Kier molecular flexibility index (Phi) is 4.61. The smallest absolute Gasteiger partial charge is 0.244 e. The highest BCUT2D eigenvalue weighted by atomic mass is 32.2. The predicted molar refractivity (Wildman–Crippen MR) is 59.6 cm³/mol. The Bertz CT molecular complexity index is 406. The summed E-state index contributed by atoms with van der Waals surface area (Å²) in [6.07, 6.45) is 0.331. The van der Waals surface area contributed by atoms with E-state index in [2.05, 4.69) is 5.32 Å². The van der Waals surface area contributed by atoms with Gasteiger partial charge in [0.25, 0.3) is 0 Å². The SMILES string of the molecule is COCCCS(=O)(=O)N1CC(=O)NC(=O)C1C. The van der Waals surface area contributed by atoms with E-state index in [9.17, 15) is 18.0 Å². The average Bonchev–Trinajstić information content (AvgIpc) is 2.23. The van der Waals surface area contributed by atoms with Crippen molar-refractivity contribution < 1.29 is 22.7 Å². The molecule has 0 aromatic heterocycles. The molecular formula is C9H16N2O5S. The molecule has 17 heavy (non-hydrogen) atoms. The molecule has 0 radical (unpaired) electrons. The maximum absolute atomic E-state index is 11.9. The lowest BCUT2D eigenvalue weighted by molar-refractivity contribution is -0.136. The van der Waals surface area contributed by atoms with Crippen LogP contribution in [0.1, 0.15) is 13.3 Å². The molecule has 0 aliphatic carbocycles. The zero-order chi connectivity index (χ0) is 13.1. The fraction of sp³-hybridized carbons (Fsp3) is 0.778. The lowest BCUT2D eigenvalue weighted by atomic mass is 10.2. The van der Waals surface area contributed by atoms with Crippen molar-refractivity contribution in [2.24, 2.45) is 0 Å². The van der Waals surface area contributed by atoms with Crippen LogP contribution in [0.15, 0.2) is 0 Å². The van der Waals surface area contributed by atoms with Gasteiger partial charge >= 0.3 is 0 Å². The summed E-state index contributed by atoms with van der Waals surface area (Å²) in [5, 5.41) is 2.09. The Morgan fingerprint density at radius 1 is 1.47 bits per heavy atom. The molecule has 1 unspecified atom stereocenters. The Morgan fingerprint density at radius 2 is 2.12 bits per heavy atom. The van der Waals surface area contributed by atoms with Crippen molar-refractivity contribution in [1.29, 1.82) is 0 Å². The summed E-state index contributed by atoms with van der Waals surface area (Å²) >= 11 is 0. The first kappa shape index (κ1) is 14.1. The lowest BCUT2D eigenvalue weighted by Crippen LogP contribution is -2.58. The van der Waals surface area contributed by atoms with Crippen LogP contribution >= 0.6 is 0 Å². The Labute approximate surface area is 100 Å². The van der Waals surface area contributed by atoms with Gasteiger partial charge in [-0.1, -0.05) is 0 Å². The highest BCUT2D eigenvalue weighted by Crippen LogP contribution is 2.12. The van der Waals surface area contributed by atoms with E-state index in [0.717, 1.165) is 4.31 Å². The molecule has 7 nitrogen and oxygen atoms in total. The molecule has 1 saturated heterocycles. The average molecular weight is 264 g/mol. The molecule has 0 spiro atoms. The number of hydrogen-bond donors (Lipinski definition) is 1. The van der Waals surface area contributed by atoms with Gasteiger partial charge in [-0.3, -0.25) is 14.9 Å². The molecule has 8 heteroatoms. The number of imide groups is 1. The molecule has 1 heterocycles. The number of sulfonamides is 1. The quantitative estimate of drug-likeness (QED) is 0.492. The van der Waals surface area contributed by atoms with Crippen molar-refractivity contribution in [1.82, 2.24) is 9.62 Å². The Morgan fingerprint density at radius 3 is 2.71 bits per heavy atom. The summed E-state index contributed by atoms with van der Waals surface area (Å²) < 4.78 is 29.5. The monoisotopic (exact) mass is 264 g/mol. The van der Waals surface area contributed by atoms with Crippen LogP contribution in [0.3, 0.4) is 0 Å². The Hall–Kier alpha value is -0.990. The fourth-order valence-electron chi connectivity index (χ4n) is 1.53. The fourth-order valence-corrected chi connectivity index (χ4v) is 3.14. The molecule has 1 aliphatic heterocycles. The highest BCUT2D eigenvalue weighted by molar-refractivity contribution is 7.89. The molecule has 1 rings (SSSR count). The molecule has 98 valence electrons. The molecule has 2 amide bonds. The Balaban J connectivity index is 2.75. The van der Waals surface area contributed by atoms with Gasteiger partial charge in [0.05, 0.1) is 12.3 Å². The highest BCUT2D eigenvalue weighted by Gasteiger charge is 2.37. The van der Waals surface area contributed by atoms with E-state index in [1.54, 1.807) is 0 Å². The number of methoxy groups -OCH3 is 1. The van der Waals surface area contributed by atoms with E-state index >= 15 is 0 Å². The number of amides is 2. The summed E-state index contributed by atoms with van der Waals surface area (Å²) in [6.45, 7) is 1.47. The van der Waals surface area contributed by atoms with Gasteiger partial charge in [0.15, 0.2) is 0 Å². The van der Waals surface area contributed by atoms with E-state index < -0.39 is 27.9 Å². The van der Waals surface area contributed by atoms with E-state index in [-0.39, 0.29) is 12.3 Å². The van der Waals surface area contributed by atoms with Crippen molar-refractivity contribution in [3.05, 3.63) is 0 Å². The number of hydrogen-bond acceptors (Lipinski definition) is 5. The zero-order valence-corrected chi connectivity index (χ0v) is 10.6. The molecule has 0 aromatic carbocycles. The summed E-state index contributed by atoms with van der Waals surface area (Å²) in [6, 6.07) is -0.847. The lowest BCUT2D eigenvalue weighted by Gasteiger charge is -2.30. The number of rotatable bonds is 5. The van der Waals surface area contributed by atoms with Crippen molar-refractivity contribution in [2.75, 3.05) is 26.0 Å². The van der Waals surface area contributed by atoms with Crippen molar-refractivity contribution in [2.45, 2.75) is 19.4 Å². The van der Waals surface area contributed by atoms with Gasteiger partial charge in [-0.25, -0.2) is 8.42 Å². The number of carbonyl (C=O) groups excluding carboxylic acids is 2. The first-order chi connectivity index (χ1) is 7.88. The molecule has 1 N–H and O–H groups in total. The van der Waals surface area contributed by atoms with Gasteiger partial charge in [-0.2, -0.15) is 4.31 Å². The van der Waals surface area contributed by atoms with Crippen molar-refractivity contribution in [3.8, 4) is 0 Å². The zero-order valence-electron chi connectivity index (χ0n) is 9.80. The first-order valence-corrected chi connectivity index (χ1v) is 6.81. The molecular weight excluding hydrogens is 248 g/mol. The molecule has 1 atom stereocenters. The number of carbonyl (C=O) groups is 2. The minimum absolute atomic E-state index is 0.133. The van der Waals surface area contributed by atoms with E-state index in [1.165, 1.54) is 14.0 Å². The maximum Gasteiger partial charge on any atom is 0.244 e. The van der Waals surface area contributed by atoms with Crippen LogP contribution in [0, 0.1) is 0 Å². The minimum atomic E-state index is -3.60. The van der Waals surface area contributed by atoms with E-state index in [4.69, 9.17) is 4.74 Å². The van der Waals surface area contributed by atoms with Gasteiger partial charge < -0.3 is 4.74 Å². The van der Waals surface area contributed by atoms with Gasteiger partial charge in [-0.15, -0.1) is 0 Å². The van der Waals surface area contributed by atoms with Crippen LogP contribution in [-0.4, -0.2) is 56.6 Å². The third-order valence-electron chi connectivity index (χ3n) is 2.48. The minimum Gasteiger partial charge on any atom is -0.385 e. The molecule has 1 fully saturated rings. The largest absolute Gasteiger partial charge is 0.385 e. The predicted octanol–water partition coefficient (Wildman–Crippen LogP) is -1.30. The molecule has 0 bridgehead atoms. The van der Waals surface area contributed by atoms with Gasteiger partial charge in [-0.05, 0) is 13.3 Å². The summed E-state index contributed by atoms with van der Waals surface area (Å²) in [4.78, 5) is 22.5. The summed E-state index contributed by atoms with van der Waals surface area (Å²) in [5.74, 6) is -1.31. The van der Waals surface area contributed by atoms with Crippen molar-refractivity contribution in [3.63, 3.8) is 0 Å². The number of nitrogens with zero attached hydrogens (tertiary/aromatic N) is 1. The number of ether oxygens (including phenoxy) is 1. The first-order valence-electron chi connectivity index (χ1n) is 5.20. The van der Waals surface area contributed by atoms with Crippen LogP contribution in [0.25, 0.3) is 0 Å². The second-order valence-electron chi connectivity index (χ2n) is 3.80. The summed E-state index contributed by atoms with van der Waals surface area (Å²) in [7, 11) is -2.12. The maximum atomic E-state index is 11.9.